The van der Waals surface area contributed by atoms with Gasteiger partial charge in [-0.2, -0.15) is 27.5 Å². The molecule has 0 aliphatic heterocycles. The van der Waals surface area contributed by atoms with E-state index in [-0.39, 0.29) is 0 Å². The number of nitrogens with zero attached hydrogens (tertiary/aromatic N) is 2. The highest BCUT2D eigenvalue weighted by Crippen LogP contribution is 2.97. The van der Waals surface area contributed by atoms with Gasteiger partial charge in [-0.3, -0.25) is 0 Å². The molecule has 146 valence electrons. The fourth-order valence-electron chi connectivity index (χ4n) is 7.11. The van der Waals surface area contributed by atoms with Crippen LogP contribution in [-0.2, 0) is 10.8 Å². The van der Waals surface area contributed by atoms with Gasteiger partial charge in [0.2, 0.25) is 0 Å². The van der Waals surface area contributed by atoms with Crippen LogP contribution in [0.4, 0.5) is 35.1 Å². The number of fused-ring (bicyclic) bond motifs is 2. The average Bonchev–Trinajstić information content (AvgIpc) is 3.43. The summed E-state index contributed by atoms with van der Waals surface area (Å²) in [6, 6.07) is 0. The van der Waals surface area contributed by atoms with Crippen LogP contribution in [0.3, 0.4) is 0 Å². The fraction of sp³-hybridized carbons (Fsp3) is 0.444. The van der Waals surface area contributed by atoms with Crippen LogP contribution in [0.1, 0.15) is 24.0 Å². The Hall–Kier alpha value is -2.26. The molecule has 4 fully saturated rings. The number of hydrogen-bond donors (Lipinski definition) is 0. The first-order valence-electron chi connectivity index (χ1n) is 8.61. The molecule has 2 aromatic rings. The Morgan fingerprint density at radius 2 is 0.750 bits per heavy atom. The topological polar surface area (TPSA) is 25.8 Å². The van der Waals surface area contributed by atoms with E-state index < -0.39 is 92.7 Å². The highest BCUT2D eigenvalue weighted by molar-refractivity contribution is 5.63. The molecule has 2 nitrogen and oxygen atoms in total. The maximum Gasteiger partial charge on any atom is 0.252 e. The highest BCUT2D eigenvalue weighted by Gasteiger charge is 2.97. The molecule has 4 atom stereocenters. The van der Waals surface area contributed by atoms with Crippen LogP contribution in [0.15, 0.2) is 0 Å². The quantitative estimate of drug-likeness (QED) is 0.557. The van der Waals surface area contributed by atoms with Crippen LogP contribution >= 0.6 is 0 Å². The second kappa shape index (κ2) is 4.49. The highest BCUT2D eigenvalue weighted by atomic mass is 19.2. The molecular formula is C18H8F8N2. The van der Waals surface area contributed by atoms with Gasteiger partial charge in [-0.25, -0.2) is 17.6 Å². The van der Waals surface area contributed by atoms with Gasteiger partial charge in [0.1, 0.15) is 0 Å². The molecule has 0 amide bonds. The van der Waals surface area contributed by atoms with Crippen LogP contribution in [-0.4, -0.2) is 9.97 Å². The smallest absolute Gasteiger partial charge is 0.201 e. The SMILES string of the molecule is Fc1nc(F)c(F)c(C23C4CC5C(CC42)C53c2c(F)c(F)nc(F)c2F)c1F. The first kappa shape index (κ1) is 16.7. The van der Waals surface area contributed by atoms with Crippen LogP contribution in [0.25, 0.3) is 0 Å². The summed E-state index contributed by atoms with van der Waals surface area (Å²) in [7, 11) is 0. The summed E-state index contributed by atoms with van der Waals surface area (Å²) < 4.78 is 114. The molecule has 0 aromatic carbocycles. The van der Waals surface area contributed by atoms with Gasteiger partial charge in [0.25, 0.3) is 23.8 Å². The average molecular weight is 404 g/mol. The van der Waals surface area contributed by atoms with Gasteiger partial charge in [-0.05, 0) is 36.5 Å². The van der Waals surface area contributed by atoms with Crippen molar-refractivity contribution in [2.24, 2.45) is 23.7 Å². The van der Waals surface area contributed by atoms with Gasteiger partial charge in [0, 0.05) is 22.0 Å². The summed E-state index contributed by atoms with van der Waals surface area (Å²) in [5.41, 5.74) is -5.26. The van der Waals surface area contributed by atoms with E-state index in [1.54, 1.807) is 0 Å². The van der Waals surface area contributed by atoms with E-state index in [1.807, 2.05) is 0 Å². The number of pyridine rings is 2. The van der Waals surface area contributed by atoms with Crippen molar-refractivity contribution < 1.29 is 35.1 Å². The van der Waals surface area contributed by atoms with Gasteiger partial charge in [-0.1, -0.05) is 0 Å². The minimum absolute atomic E-state index is 0.296. The third kappa shape index (κ3) is 1.37. The summed E-state index contributed by atoms with van der Waals surface area (Å²) in [6.45, 7) is 0. The van der Waals surface area contributed by atoms with E-state index >= 15 is 0 Å². The predicted octanol–water partition coefficient (Wildman–Crippen LogP) is 4.06. The Bertz CT molecular complexity index is 960. The molecule has 2 aromatic heterocycles. The van der Waals surface area contributed by atoms with Crippen LogP contribution < -0.4 is 0 Å². The fourth-order valence-corrected chi connectivity index (χ4v) is 7.11. The molecule has 6 rings (SSSR count). The number of halogens is 8. The van der Waals surface area contributed by atoms with Crippen molar-refractivity contribution >= 4 is 0 Å². The van der Waals surface area contributed by atoms with E-state index in [4.69, 9.17) is 0 Å². The lowest BCUT2D eigenvalue weighted by atomic mass is 9.74. The van der Waals surface area contributed by atoms with E-state index in [0.29, 0.717) is 12.8 Å². The van der Waals surface area contributed by atoms with Crippen molar-refractivity contribution in [2.45, 2.75) is 23.7 Å². The lowest BCUT2D eigenvalue weighted by molar-refractivity contribution is 0.337. The van der Waals surface area contributed by atoms with Gasteiger partial charge < -0.3 is 0 Å². The molecule has 0 saturated heterocycles. The summed E-state index contributed by atoms with van der Waals surface area (Å²) in [6.07, 6.45) is 0.592. The van der Waals surface area contributed by atoms with Gasteiger partial charge in [0.05, 0.1) is 0 Å². The van der Waals surface area contributed by atoms with E-state index in [1.165, 1.54) is 0 Å². The molecule has 4 saturated carbocycles. The van der Waals surface area contributed by atoms with Crippen molar-refractivity contribution in [1.29, 1.82) is 0 Å². The Morgan fingerprint density at radius 3 is 1.00 bits per heavy atom. The van der Waals surface area contributed by atoms with Gasteiger partial charge in [0.15, 0.2) is 23.3 Å². The Balaban J connectivity index is 1.70. The minimum atomic E-state index is -1.88. The molecular weight excluding hydrogens is 396 g/mol. The van der Waals surface area contributed by atoms with Crippen molar-refractivity contribution in [3.8, 4) is 0 Å². The first-order chi connectivity index (χ1) is 13.2. The second-order valence-electron chi connectivity index (χ2n) is 8.03. The van der Waals surface area contributed by atoms with Gasteiger partial charge in [-0.15, -0.1) is 0 Å². The van der Waals surface area contributed by atoms with E-state index in [2.05, 4.69) is 9.97 Å². The largest absolute Gasteiger partial charge is 0.252 e. The summed E-state index contributed by atoms with van der Waals surface area (Å²) in [5.74, 6) is -16.4. The third-order valence-electron chi connectivity index (χ3n) is 7.62. The lowest BCUT2D eigenvalue weighted by Gasteiger charge is -2.28. The van der Waals surface area contributed by atoms with Crippen LogP contribution in [0, 0.1) is 70.7 Å². The molecule has 4 unspecified atom stereocenters. The zero-order valence-electron chi connectivity index (χ0n) is 13.6. The van der Waals surface area contributed by atoms with Crippen LogP contribution in [0.5, 0.6) is 0 Å². The molecule has 10 heteroatoms. The number of hydrogen-bond acceptors (Lipinski definition) is 2. The van der Waals surface area contributed by atoms with E-state index in [0.717, 1.165) is 0 Å². The molecule has 0 bridgehead atoms. The molecule has 4 aliphatic rings. The maximum atomic E-state index is 14.6. The predicted molar refractivity (Wildman–Crippen MR) is 74.7 cm³/mol. The molecule has 0 N–H and O–H groups in total. The standard InChI is InChI=1S/C18H8F8N2/c19-9-7(10(20)14(24)27-13(9)23)17-3-1-4-6(2-5(3)17)18(4,17)8-11(21)15(25)28-16(26)12(8)22/h3-6H,1-2H2. The van der Waals surface area contributed by atoms with E-state index in [9.17, 15) is 35.1 Å². The van der Waals surface area contributed by atoms with Gasteiger partial charge >= 0.3 is 0 Å². The number of aromatic nitrogens is 2. The summed E-state index contributed by atoms with van der Waals surface area (Å²) in [5, 5.41) is 0. The maximum absolute atomic E-state index is 14.6. The zero-order chi connectivity index (χ0) is 19.9. The normalized spacial score (nSPS) is 38.7. The van der Waals surface area contributed by atoms with Crippen molar-refractivity contribution in [2.75, 3.05) is 0 Å². The number of rotatable bonds is 2. The van der Waals surface area contributed by atoms with Crippen molar-refractivity contribution in [3.05, 3.63) is 58.2 Å². The minimum Gasteiger partial charge on any atom is -0.201 e. The monoisotopic (exact) mass is 404 g/mol. The van der Waals surface area contributed by atoms with Crippen LogP contribution in [0.2, 0.25) is 0 Å². The Kier molecular flexibility index (Phi) is 2.67. The third-order valence-corrected chi connectivity index (χ3v) is 7.62. The summed E-state index contributed by atoms with van der Waals surface area (Å²) in [4.78, 5) is 5.06. The lowest BCUT2D eigenvalue weighted by Crippen LogP contribution is -2.33. The first-order valence-corrected chi connectivity index (χ1v) is 8.61. The molecule has 2 heterocycles. The second-order valence-corrected chi connectivity index (χ2v) is 8.03. The van der Waals surface area contributed by atoms with Crippen molar-refractivity contribution in [1.82, 2.24) is 9.97 Å². The Labute approximate surface area is 151 Å². The van der Waals surface area contributed by atoms with Crippen molar-refractivity contribution in [3.63, 3.8) is 0 Å². The Morgan fingerprint density at radius 1 is 0.500 bits per heavy atom. The molecule has 28 heavy (non-hydrogen) atoms. The molecule has 0 radical (unpaired) electrons. The zero-order valence-corrected chi connectivity index (χ0v) is 13.6. The molecule has 4 aliphatic carbocycles. The molecule has 0 spiro atoms. The summed E-state index contributed by atoms with van der Waals surface area (Å²) >= 11 is 0.